The molecule has 0 amide bonds. The lowest BCUT2D eigenvalue weighted by Crippen LogP contribution is -2.30. The SMILES string of the molecule is CC1(C)C(/C=C/C=C2/N(CCCS(=O)(=O)O)c3cc(S(=O)(=O)O)cc(S(=O)(=O)O)c3C2(C)C)=[N+](CCCS(=O)(=O)[O-])c2cc(OC=O)cc(S(=O)(=O)O)c21. The van der Waals surface area contributed by atoms with Gasteiger partial charge in [-0.2, -0.15) is 38.2 Å². The summed E-state index contributed by atoms with van der Waals surface area (Å²) in [6, 6.07) is 3.66. The van der Waals surface area contributed by atoms with E-state index in [0.717, 1.165) is 12.1 Å². The predicted octanol–water partition coefficient (Wildman–Crippen LogP) is 1.79. The summed E-state index contributed by atoms with van der Waals surface area (Å²) >= 11 is 0. The second-order valence-electron chi connectivity index (χ2n) is 13.4. The number of carbonyl (C=O) groups is 1. The molecule has 2 aromatic rings. The van der Waals surface area contributed by atoms with Gasteiger partial charge >= 0.3 is 0 Å². The van der Waals surface area contributed by atoms with E-state index in [9.17, 15) is 69.6 Å². The maximum atomic E-state index is 12.6. The first-order valence-corrected chi connectivity index (χ1v) is 23.0. The number of anilines is 1. The van der Waals surface area contributed by atoms with E-state index >= 15 is 0 Å². The lowest BCUT2D eigenvalue weighted by molar-refractivity contribution is -0.437. The number of benzene rings is 2. The third kappa shape index (κ3) is 9.09. The van der Waals surface area contributed by atoms with E-state index in [1.165, 1.54) is 47.6 Å². The number of ether oxygens (including phenoxy) is 1. The van der Waals surface area contributed by atoms with Crippen molar-refractivity contribution in [2.24, 2.45) is 0 Å². The van der Waals surface area contributed by atoms with Gasteiger partial charge in [0.2, 0.25) is 5.69 Å². The van der Waals surface area contributed by atoms with E-state index in [2.05, 4.69) is 0 Å². The highest BCUT2D eigenvalue weighted by atomic mass is 32.2. The lowest BCUT2D eigenvalue weighted by Gasteiger charge is -2.27. The summed E-state index contributed by atoms with van der Waals surface area (Å²) in [7, 11) is -24.4. The summed E-state index contributed by atoms with van der Waals surface area (Å²) in [5.74, 6) is -1.88. The smallest absolute Gasteiger partial charge is 0.298 e. The molecule has 54 heavy (non-hydrogen) atoms. The van der Waals surface area contributed by atoms with Gasteiger partial charge in [0.15, 0.2) is 5.71 Å². The Labute approximate surface area is 312 Å². The molecule has 0 saturated carbocycles. The monoisotopic (exact) mass is 856 g/mol. The van der Waals surface area contributed by atoms with Crippen molar-refractivity contribution in [2.45, 2.75) is 66.1 Å². The Balaban J connectivity index is 2.00. The third-order valence-electron chi connectivity index (χ3n) is 8.91. The highest BCUT2D eigenvalue weighted by Crippen LogP contribution is 2.52. The van der Waals surface area contributed by atoms with E-state index in [-0.39, 0.29) is 72.1 Å². The first-order chi connectivity index (χ1) is 24.4. The van der Waals surface area contributed by atoms with Gasteiger partial charge in [0.25, 0.3) is 46.9 Å². The van der Waals surface area contributed by atoms with E-state index in [1.807, 2.05) is 0 Å². The van der Waals surface area contributed by atoms with Crippen molar-refractivity contribution < 1.29 is 79.0 Å². The van der Waals surface area contributed by atoms with Crippen molar-refractivity contribution >= 4 is 74.1 Å². The fourth-order valence-electron chi connectivity index (χ4n) is 6.82. The maximum absolute atomic E-state index is 12.6. The number of hydrogen-bond donors (Lipinski definition) is 4. The molecular weight excluding hydrogens is 821 g/mol. The van der Waals surface area contributed by atoms with Crippen LogP contribution in [0, 0.1) is 0 Å². The van der Waals surface area contributed by atoms with E-state index in [0.29, 0.717) is 6.07 Å². The van der Waals surface area contributed by atoms with Crippen molar-refractivity contribution in [3.05, 3.63) is 59.3 Å². The number of rotatable bonds is 15. The van der Waals surface area contributed by atoms with Crippen LogP contribution in [0.15, 0.2) is 62.9 Å². The largest absolute Gasteiger partial charge is 0.748 e. The summed E-state index contributed by atoms with van der Waals surface area (Å²) < 4.78 is 178. The second kappa shape index (κ2) is 14.5. The number of allylic oxidation sites excluding steroid dienone is 4. The normalized spacial score (nSPS) is 18.0. The molecule has 2 aromatic carbocycles. The summed E-state index contributed by atoms with van der Waals surface area (Å²) in [6.07, 6.45) is 3.69. The molecule has 298 valence electrons. The number of fused-ring (bicyclic) bond motifs is 2. The predicted molar refractivity (Wildman–Crippen MR) is 190 cm³/mol. The molecule has 2 aliphatic heterocycles. The van der Waals surface area contributed by atoms with Gasteiger partial charge in [-0.25, -0.2) is 8.42 Å². The molecule has 0 atom stereocenters. The van der Waals surface area contributed by atoms with Crippen molar-refractivity contribution in [1.29, 1.82) is 0 Å². The standard InChI is InChI=1S/C30H36N2O17S5/c1-29(2)25(31(10-6-12-50(34,35)36)21-14-19(49-18-33)15-23(27(21)29)53(43,44)45)8-5-9-26-30(3,4)28-22(32(26)11-7-13-51(37,38)39)16-20(52(40,41)42)17-24(28)54(46,47)48/h5,8-9,14-18H,6-7,10-13H2,1-4H3,(H4-,34,35,36,37,38,39,40,41,42,43,44,45,46,47,48). The Kier molecular flexibility index (Phi) is 11.6. The van der Waals surface area contributed by atoms with Gasteiger partial charge in [-0.15, -0.1) is 0 Å². The number of hydrogen-bond acceptors (Lipinski definition) is 14. The number of carbonyl (C=O) groups excluding carboxylic acids is 1. The Morgan fingerprint density at radius 1 is 0.778 bits per heavy atom. The van der Waals surface area contributed by atoms with Crippen molar-refractivity contribution in [3.8, 4) is 5.75 Å². The molecule has 0 radical (unpaired) electrons. The third-order valence-corrected chi connectivity index (χ3v) is 13.1. The topological polar surface area (TPSA) is 307 Å². The van der Waals surface area contributed by atoms with Gasteiger partial charge in [-0.3, -0.25) is 23.0 Å². The van der Waals surface area contributed by atoms with E-state index in [1.54, 1.807) is 13.8 Å². The molecule has 0 spiro atoms. The molecule has 2 heterocycles. The zero-order valence-electron chi connectivity index (χ0n) is 28.9. The van der Waals surface area contributed by atoms with Gasteiger partial charge in [-0.05, 0) is 38.5 Å². The Morgan fingerprint density at radius 2 is 1.37 bits per heavy atom. The lowest BCUT2D eigenvalue weighted by atomic mass is 9.81. The quantitative estimate of drug-likeness (QED) is 0.113. The van der Waals surface area contributed by atoms with Crippen molar-refractivity contribution in [1.82, 2.24) is 0 Å². The number of nitrogens with zero attached hydrogens (tertiary/aromatic N) is 2. The van der Waals surface area contributed by atoms with Crippen LogP contribution in [0.4, 0.5) is 11.4 Å². The van der Waals surface area contributed by atoms with Gasteiger partial charge < -0.3 is 14.2 Å². The zero-order valence-corrected chi connectivity index (χ0v) is 33.0. The van der Waals surface area contributed by atoms with Crippen LogP contribution in [0.25, 0.3) is 0 Å². The molecule has 24 heteroatoms. The van der Waals surface area contributed by atoms with Crippen molar-refractivity contribution in [3.63, 3.8) is 0 Å². The van der Waals surface area contributed by atoms with Crippen LogP contribution in [-0.2, 0) is 66.2 Å². The van der Waals surface area contributed by atoms with Crippen molar-refractivity contribution in [2.75, 3.05) is 29.5 Å². The molecule has 0 unspecified atom stereocenters. The second-order valence-corrected chi connectivity index (χ2v) is 20.7. The molecule has 0 saturated heterocycles. The van der Waals surface area contributed by atoms with Crippen LogP contribution in [0.2, 0.25) is 0 Å². The minimum absolute atomic E-state index is 0.0100. The minimum Gasteiger partial charge on any atom is -0.748 e. The van der Waals surface area contributed by atoms with E-state index < -0.39 is 87.6 Å². The van der Waals surface area contributed by atoms with Crippen LogP contribution < -0.4 is 9.64 Å². The summed E-state index contributed by atoms with van der Waals surface area (Å²) in [5.41, 5.74) is -2.51. The van der Waals surface area contributed by atoms with E-state index in [4.69, 9.17) is 4.74 Å². The van der Waals surface area contributed by atoms with Gasteiger partial charge in [0.05, 0.1) is 37.8 Å². The molecule has 0 aromatic heterocycles. The molecular formula is C30H36N2O17S5. The summed E-state index contributed by atoms with van der Waals surface area (Å²) in [4.78, 5) is 10.1. The highest BCUT2D eigenvalue weighted by molar-refractivity contribution is 7.87. The Bertz CT molecular complexity index is 2570. The summed E-state index contributed by atoms with van der Waals surface area (Å²) in [5, 5.41) is 0. The van der Waals surface area contributed by atoms with Crippen LogP contribution in [-0.4, -0.2) is 106 Å². The molecule has 4 rings (SSSR count). The molecule has 0 bridgehead atoms. The Morgan fingerprint density at radius 3 is 1.89 bits per heavy atom. The first-order valence-electron chi connectivity index (χ1n) is 15.5. The fraction of sp³-hybridized carbons (Fsp3) is 0.400. The van der Waals surface area contributed by atoms with Gasteiger partial charge in [0, 0.05) is 53.2 Å². The average molecular weight is 857 g/mol. The van der Waals surface area contributed by atoms with Crippen LogP contribution in [0.3, 0.4) is 0 Å². The molecule has 2 aliphatic rings. The van der Waals surface area contributed by atoms with Gasteiger partial charge in [0.1, 0.15) is 22.1 Å². The van der Waals surface area contributed by atoms with Crippen LogP contribution in [0.1, 0.15) is 51.7 Å². The molecule has 0 aliphatic carbocycles. The highest BCUT2D eigenvalue weighted by Gasteiger charge is 2.49. The minimum atomic E-state index is -5.16. The van der Waals surface area contributed by atoms with Gasteiger partial charge in [-0.1, -0.05) is 19.9 Å². The van der Waals surface area contributed by atoms with Crippen LogP contribution >= 0.6 is 0 Å². The average Bonchev–Trinajstić information content (AvgIpc) is 3.32. The maximum Gasteiger partial charge on any atom is 0.298 e. The summed E-state index contributed by atoms with van der Waals surface area (Å²) in [6.45, 7) is 5.64. The Hall–Kier alpha value is -3.59. The van der Waals surface area contributed by atoms with Crippen LogP contribution in [0.5, 0.6) is 5.75 Å². The zero-order chi connectivity index (χ0) is 41.0. The molecule has 0 fully saturated rings. The molecule has 19 nitrogen and oxygen atoms in total. The molecule has 4 N–H and O–H groups in total. The fourth-order valence-corrected chi connectivity index (χ4v) is 10.2. The first kappa shape index (κ1) is 43.1.